The van der Waals surface area contributed by atoms with Crippen molar-refractivity contribution in [1.82, 2.24) is 10.6 Å². The van der Waals surface area contributed by atoms with E-state index >= 15 is 0 Å². The van der Waals surface area contributed by atoms with Gasteiger partial charge in [-0.05, 0) is 51.0 Å². The van der Waals surface area contributed by atoms with Gasteiger partial charge in [-0.3, -0.25) is 9.38 Å². The maximum Gasteiger partial charge on any atom is 0.407 e. The van der Waals surface area contributed by atoms with Gasteiger partial charge in [-0.15, -0.1) is 0 Å². The van der Waals surface area contributed by atoms with Gasteiger partial charge in [-0.1, -0.05) is 6.92 Å². The molecule has 150 valence electrons. The van der Waals surface area contributed by atoms with Crippen LogP contribution in [0, 0.1) is 11.8 Å². The van der Waals surface area contributed by atoms with Crippen molar-refractivity contribution in [2.24, 2.45) is 16.8 Å². The molecule has 0 aliphatic carbocycles. The van der Waals surface area contributed by atoms with Gasteiger partial charge >= 0.3 is 6.09 Å². The lowest BCUT2D eigenvalue weighted by Gasteiger charge is -2.24. The summed E-state index contributed by atoms with van der Waals surface area (Å²) in [6, 6.07) is 7.63. The molecule has 0 saturated heterocycles. The van der Waals surface area contributed by atoms with Crippen LogP contribution in [0.2, 0.25) is 0 Å². The minimum atomic E-state index is -0.567. The number of carbonyl (C=O) groups is 1. The molecular weight excluding hydrogens is 349 g/mol. The minimum Gasteiger partial charge on any atom is -0.493 e. The molecule has 0 saturated carbocycles. The largest absolute Gasteiger partial charge is 0.493 e. The number of hydrogen-bond donors (Lipinski definition) is 2. The predicted molar refractivity (Wildman–Crippen MR) is 104 cm³/mol. The summed E-state index contributed by atoms with van der Waals surface area (Å²) in [4.78, 5) is 16.2. The van der Waals surface area contributed by atoms with Gasteiger partial charge in [0.1, 0.15) is 17.2 Å². The van der Waals surface area contributed by atoms with E-state index in [1.54, 1.807) is 27.7 Å². The second kappa shape index (κ2) is 9.58. The number of nitrogens with one attached hydrogen (secondary N) is 2. The fraction of sp³-hybridized carbons (Fsp3) is 0.600. The molecule has 2 unspecified atom stereocenters. The second-order valence-electron chi connectivity index (χ2n) is 7.77. The molecule has 0 bridgehead atoms. The van der Waals surface area contributed by atoms with Gasteiger partial charge in [0, 0.05) is 24.6 Å². The quantitative estimate of drug-likeness (QED) is 0.728. The molecular formula is C20H30FN3O3. The Morgan fingerprint density at radius 2 is 2.04 bits per heavy atom. The summed E-state index contributed by atoms with van der Waals surface area (Å²) < 4.78 is 24.2. The second-order valence-corrected chi connectivity index (χ2v) is 7.77. The van der Waals surface area contributed by atoms with E-state index in [1.807, 2.05) is 24.3 Å². The van der Waals surface area contributed by atoms with E-state index in [2.05, 4.69) is 15.6 Å². The number of benzene rings is 1. The van der Waals surface area contributed by atoms with E-state index in [4.69, 9.17) is 9.47 Å². The first-order valence-corrected chi connectivity index (χ1v) is 9.33. The number of aliphatic imine (C=N–C) groups is 1. The monoisotopic (exact) mass is 379 g/mol. The Kier molecular flexibility index (Phi) is 7.45. The molecule has 7 heteroatoms. The van der Waals surface area contributed by atoms with Crippen molar-refractivity contribution in [3.05, 3.63) is 29.8 Å². The Hall–Kier alpha value is -2.31. The summed E-state index contributed by atoms with van der Waals surface area (Å²) in [7, 11) is 0. The van der Waals surface area contributed by atoms with Gasteiger partial charge in [0.25, 0.3) is 0 Å². The van der Waals surface area contributed by atoms with Crippen LogP contribution in [-0.4, -0.2) is 50.4 Å². The number of hydrogen-bond acceptors (Lipinski definition) is 5. The molecule has 1 amide bonds. The van der Waals surface area contributed by atoms with Crippen molar-refractivity contribution >= 4 is 11.9 Å². The molecule has 1 aliphatic heterocycles. The molecule has 2 rings (SSSR count). The fourth-order valence-corrected chi connectivity index (χ4v) is 2.58. The van der Waals surface area contributed by atoms with Crippen LogP contribution in [0.25, 0.3) is 0 Å². The molecule has 1 aromatic rings. The summed E-state index contributed by atoms with van der Waals surface area (Å²) in [6.45, 7) is 8.97. The number of halogens is 1. The third kappa shape index (κ3) is 7.07. The van der Waals surface area contributed by atoms with Gasteiger partial charge in [0.2, 0.25) is 0 Å². The van der Waals surface area contributed by atoms with E-state index in [-0.39, 0.29) is 11.8 Å². The van der Waals surface area contributed by atoms with Gasteiger partial charge < -0.3 is 20.1 Å². The molecule has 2 atom stereocenters. The molecule has 0 spiro atoms. The Morgan fingerprint density at radius 3 is 2.59 bits per heavy atom. The van der Waals surface area contributed by atoms with Gasteiger partial charge in [0.15, 0.2) is 0 Å². The predicted octanol–water partition coefficient (Wildman–Crippen LogP) is 3.16. The Labute approximate surface area is 160 Å². The average Bonchev–Trinajstić information content (AvgIpc) is 3.15. The van der Waals surface area contributed by atoms with E-state index in [1.165, 1.54) is 0 Å². The number of nitrogens with zero attached hydrogens (tertiary/aromatic N) is 1. The lowest BCUT2D eigenvalue weighted by molar-refractivity contribution is 0.0502. The summed E-state index contributed by atoms with van der Waals surface area (Å²) in [5.41, 5.74) is 0.447. The molecule has 1 aliphatic rings. The summed E-state index contributed by atoms with van der Waals surface area (Å²) >= 11 is 0. The van der Waals surface area contributed by atoms with Crippen molar-refractivity contribution < 1.29 is 18.7 Å². The number of alkyl carbamates (subject to hydrolysis) is 1. The molecule has 1 aromatic carbocycles. The highest BCUT2D eigenvalue weighted by Crippen LogP contribution is 2.18. The minimum absolute atomic E-state index is 0.164. The molecule has 1 heterocycles. The number of rotatable bonds is 8. The Balaban J connectivity index is 1.87. The van der Waals surface area contributed by atoms with Crippen molar-refractivity contribution in [2.75, 3.05) is 32.9 Å². The van der Waals surface area contributed by atoms with Crippen LogP contribution < -0.4 is 15.4 Å². The molecule has 0 radical (unpaired) electrons. The third-order valence-electron chi connectivity index (χ3n) is 4.22. The normalized spacial score (nSPS) is 16.1. The zero-order chi connectivity index (χ0) is 19.9. The van der Waals surface area contributed by atoms with Gasteiger partial charge in [0.05, 0.1) is 19.8 Å². The number of carbonyl (C=O) groups excluding carboxylic acids is 1. The average molecular weight is 379 g/mol. The van der Waals surface area contributed by atoms with Crippen molar-refractivity contribution in [3.8, 4) is 5.75 Å². The first kappa shape index (κ1) is 21.0. The van der Waals surface area contributed by atoms with Gasteiger partial charge in [-0.25, -0.2) is 4.79 Å². The SMILES string of the molecule is CC(CF)C(CNC(=O)OC(C)(C)C)COc1ccc(C2=NCCN2)cc1. The number of amidine groups is 1. The highest BCUT2D eigenvalue weighted by atomic mass is 19.1. The lowest BCUT2D eigenvalue weighted by Crippen LogP contribution is -2.38. The van der Waals surface area contributed by atoms with E-state index in [9.17, 15) is 9.18 Å². The van der Waals surface area contributed by atoms with E-state index in [0.717, 1.165) is 24.5 Å². The molecule has 6 nitrogen and oxygen atoms in total. The Morgan fingerprint density at radius 1 is 1.33 bits per heavy atom. The fourth-order valence-electron chi connectivity index (χ4n) is 2.58. The highest BCUT2D eigenvalue weighted by Gasteiger charge is 2.22. The van der Waals surface area contributed by atoms with Crippen molar-refractivity contribution in [2.45, 2.75) is 33.3 Å². The van der Waals surface area contributed by atoms with Gasteiger partial charge in [-0.2, -0.15) is 0 Å². The summed E-state index contributed by atoms with van der Waals surface area (Å²) in [6.07, 6.45) is -0.507. The molecule has 2 N–H and O–H groups in total. The van der Waals surface area contributed by atoms with Crippen LogP contribution in [0.4, 0.5) is 9.18 Å². The topological polar surface area (TPSA) is 72.0 Å². The highest BCUT2D eigenvalue weighted by molar-refractivity contribution is 5.99. The summed E-state index contributed by atoms with van der Waals surface area (Å²) in [5.74, 6) is 1.19. The first-order valence-electron chi connectivity index (χ1n) is 9.33. The molecule has 27 heavy (non-hydrogen) atoms. The smallest absolute Gasteiger partial charge is 0.407 e. The van der Waals surface area contributed by atoms with Crippen LogP contribution >= 0.6 is 0 Å². The van der Waals surface area contributed by atoms with Crippen LogP contribution in [0.1, 0.15) is 33.3 Å². The Bertz CT molecular complexity index is 641. The molecule has 0 aromatic heterocycles. The van der Waals surface area contributed by atoms with Crippen molar-refractivity contribution in [1.29, 1.82) is 0 Å². The van der Waals surface area contributed by atoms with Crippen LogP contribution in [-0.2, 0) is 4.74 Å². The van der Waals surface area contributed by atoms with Crippen LogP contribution in [0.3, 0.4) is 0 Å². The zero-order valence-corrected chi connectivity index (χ0v) is 16.5. The standard InChI is InChI=1S/C20H30FN3O3/c1-14(11-21)16(12-24-19(25)27-20(2,3)4)13-26-17-7-5-15(6-8-17)18-22-9-10-23-18/h5-8,14,16H,9-13H2,1-4H3,(H,22,23)(H,24,25). The van der Waals surface area contributed by atoms with Crippen LogP contribution in [0.5, 0.6) is 5.75 Å². The number of alkyl halides is 1. The summed E-state index contributed by atoms with van der Waals surface area (Å²) in [5, 5.41) is 5.93. The number of amides is 1. The third-order valence-corrected chi connectivity index (χ3v) is 4.22. The maximum atomic E-state index is 13.2. The first-order chi connectivity index (χ1) is 12.8. The van der Waals surface area contributed by atoms with E-state index in [0.29, 0.717) is 18.9 Å². The lowest BCUT2D eigenvalue weighted by atomic mass is 9.96. The molecule has 0 fully saturated rings. The van der Waals surface area contributed by atoms with Crippen molar-refractivity contribution in [3.63, 3.8) is 0 Å². The number of ether oxygens (including phenoxy) is 2. The van der Waals surface area contributed by atoms with E-state index < -0.39 is 18.4 Å². The van der Waals surface area contributed by atoms with Crippen LogP contribution in [0.15, 0.2) is 29.3 Å². The maximum absolute atomic E-state index is 13.2. The zero-order valence-electron chi connectivity index (χ0n) is 16.5.